The van der Waals surface area contributed by atoms with Crippen LogP contribution in [-0.2, 0) is 0 Å². The number of rotatable bonds is 2. The number of fused-ring (bicyclic) bond motifs is 2. The summed E-state index contributed by atoms with van der Waals surface area (Å²) in [6.45, 7) is 2.39. The fourth-order valence-corrected chi connectivity index (χ4v) is 3.76. The van der Waals surface area contributed by atoms with E-state index in [0.29, 0.717) is 6.04 Å². The fourth-order valence-electron chi connectivity index (χ4n) is 3.76. The van der Waals surface area contributed by atoms with Crippen LogP contribution in [-0.4, -0.2) is 41.1 Å². The molecule has 5 nitrogen and oxygen atoms in total. The summed E-state index contributed by atoms with van der Waals surface area (Å²) in [5.74, 6) is 2.77. The Bertz CT molecular complexity index is 582. The summed E-state index contributed by atoms with van der Waals surface area (Å²) in [7, 11) is 2.17. The van der Waals surface area contributed by atoms with Gasteiger partial charge >= 0.3 is 0 Å². The molecular formula is C17H31N5. The molecule has 0 bridgehead atoms. The minimum absolute atomic E-state index is 0. The van der Waals surface area contributed by atoms with Crippen molar-refractivity contribution in [1.29, 1.82) is 0 Å². The molecule has 1 saturated heterocycles. The Morgan fingerprint density at radius 1 is 1.09 bits per heavy atom. The van der Waals surface area contributed by atoms with Gasteiger partial charge in [0.1, 0.15) is 17.8 Å². The summed E-state index contributed by atoms with van der Waals surface area (Å²) >= 11 is 0. The van der Waals surface area contributed by atoms with E-state index in [-0.39, 0.29) is 22.3 Å². The molecular weight excluding hydrogens is 274 g/mol. The summed E-state index contributed by atoms with van der Waals surface area (Å²) in [4.78, 5) is 14.3. The van der Waals surface area contributed by atoms with E-state index in [0.717, 1.165) is 28.7 Å². The molecule has 1 aliphatic heterocycles. The average Bonchev–Trinajstić information content (AvgIpc) is 3.11. The monoisotopic (exact) mass is 305 g/mol. The van der Waals surface area contributed by atoms with Crippen molar-refractivity contribution in [3.63, 3.8) is 0 Å². The number of nitrogens with one attached hydrogen (secondary N) is 2. The second kappa shape index (κ2) is 7.09. The predicted molar refractivity (Wildman–Crippen MR) is 95.4 cm³/mol. The van der Waals surface area contributed by atoms with Gasteiger partial charge in [-0.3, -0.25) is 0 Å². The van der Waals surface area contributed by atoms with Crippen molar-refractivity contribution < 1.29 is 0 Å². The van der Waals surface area contributed by atoms with E-state index in [1.165, 1.54) is 25.9 Å². The van der Waals surface area contributed by atoms with Crippen molar-refractivity contribution in [2.75, 3.05) is 25.0 Å². The van der Waals surface area contributed by atoms with Gasteiger partial charge in [-0.25, -0.2) is 9.97 Å². The van der Waals surface area contributed by atoms with Gasteiger partial charge < -0.3 is 15.2 Å². The number of hydrogen-bond acceptors (Lipinski definition) is 4. The molecule has 1 aliphatic carbocycles. The summed E-state index contributed by atoms with van der Waals surface area (Å²) in [6, 6.07) is 2.68. The van der Waals surface area contributed by atoms with Crippen LogP contribution in [0.2, 0.25) is 0 Å². The lowest BCUT2D eigenvalue weighted by Crippen LogP contribution is -2.31. The van der Waals surface area contributed by atoms with Crippen LogP contribution < -0.4 is 10.2 Å². The summed E-state index contributed by atoms with van der Waals surface area (Å²) in [5.41, 5.74) is 0.928. The van der Waals surface area contributed by atoms with Crippen molar-refractivity contribution >= 4 is 16.9 Å². The number of nitrogens with zero attached hydrogens (tertiary/aromatic N) is 3. The Hall–Kier alpha value is -1.62. The number of aromatic nitrogens is 3. The third-order valence-corrected chi connectivity index (χ3v) is 4.84. The molecule has 2 aromatic rings. The Morgan fingerprint density at radius 2 is 1.77 bits per heavy atom. The lowest BCUT2D eigenvalue weighted by Gasteiger charge is -2.26. The quantitative estimate of drug-likeness (QED) is 0.894. The second-order valence-electron chi connectivity index (χ2n) is 5.85. The Morgan fingerprint density at radius 3 is 2.45 bits per heavy atom. The first-order chi connectivity index (χ1) is 9.33. The number of aromatic amines is 1. The second-order valence-corrected chi connectivity index (χ2v) is 5.85. The van der Waals surface area contributed by atoms with Crippen molar-refractivity contribution in [3.8, 4) is 0 Å². The molecule has 124 valence electrons. The molecule has 2 N–H and O–H groups in total. The first-order valence-corrected chi connectivity index (χ1v) is 7.04. The molecule has 0 radical (unpaired) electrons. The average molecular weight is 305 g/mol. The number of anilines is 1. The zero-order valence-corrected chi connectivity index (χ0v) is 11.1. The van der Waals surface area contributed by atoms with Crippen LogP contribution in [0.4, 0.5) is 5.82 Å². The van der Waals surface area contributed by atoms with Crippen LogP contribution in [0.3, 0.4) is 0 Å². The first kappa shape index (κ1) is 18.4. The van der Waals surface area contributed by atoms with Gasteiger partial charge in [0, 0.05) is 19.3 Å². The normalized spacial score (nSPS) is 25.8. The minimum Gasteiger partial charge on any atom is -0.356 e. The van der Waals surface area contributed by atoms with Crippen LogP contribution >= 0.6 is 0 Å². The van der Waals surface area contributed by atoms with Crippen LogP contribution in [0.25, 0.3) is 11.0 Å². The molecule has 3 atom stereocenters. The standard InChI is InChI=1S/C14H19N5.3CH4/c1-19(11-4-9-6-15-7-10(9)5-11)14-12-2-3-16-13(12)17-8-18-14;;;/h2-3,8-11,15H,4-7H2,1H3,(H,16,17,18);3*1H4/t9-,10+,11?;;;. The maximum Gasteiger partial charge on any atom is 0.142 e. The maximum atomic E-state index is 4.50. The predicted octanol–water partition coefficient (Wildman–Crippen LogP) is 3.30. The molecule has 2 aliphatic rings. The molecule has 1 saturated carbocycles. The highest BCUT2D eigenvalue weighted by Gasteiger charge is 2.39. The molecule has 1 unspecified atom stereocenters. The largest absolute Gasteiger partial charge is 0.356 e. The molecule has 2 aromatic heterocycles. The zero-order chi connectivity index (χ0) is 12.8. The Kier molecular flexibility index (Phi) is 5.94. The highest BCUT2D eigenvalue weighted by molar-refractivity contribution is 5.87. The first-order valence-electron chi connectivity index (χ1n) is 7.04. The molecule has 3 heterocycles. The smallest absolute Gasteiger partial charge is 0.142 e. The molecule has 4 rings (SSSR count). The highest BCUT2D eigenvalue weighted by atomic mass is 15.2. The van der Waals surface area contributed by atoms with Crippen LogP contribution in [0.15, 0.2) is 18.6 Å². The van der Waals surface area contributed by atoms with Crippen LogP contribution in [0.5, 0.6) is 0 Å². The van der Waals surface area contributed by atoms with Crippen molar-refractivity contribution in [3.05, 3.63) is 18.6 Å². The molecule has 22 heavy (non-hydrogen) atoms. The van der Waals surface area contributed by atoms with E-state index >= 15 is 0 Å². The lowest BCUT2D eigenvalue weighted by atomic mass is 10.0. The topological polar surface area (TPSA) is 56.8 Å². The number of H-pyrrole nitrogens is 1. The van der Waals surface area contributed by atoms with Gasteiger partial charge in [0.2, 0.25) is 0 Å². The zero-order valence-electron chi connectivity index (χ0n) is 11.1. The van der Waals surface area contributed by atoms with Crippen molar-refractivity contribution in [1.82, 2.24) is 20.3 Å². The van der Waals surface area contributed by atoms with Gasteiger partial charge in [-0.1, -0.05) is 22.3 Å². The van der Waals surface area contributed by atoms with Crippen LogP contribution in [0, 0.1) is 11.8 Å². The van der Waals surface area contributed by atoms with Crippen molar-refractivity contribution in [2.24, 2.45) is 11.8 Å². The Labute approximate surface area is 134 Å². The van der Waals surface area contributed by atoms with E-state index in [1.54, 1.807) is 6.33 Å². The number of hydrogen-bond donors (Lipinski definition) is 2. The molecule has 0 aromatic carbocycles. The van der Waals surface area contributed by atoms with Crippen molar-refractivity contribution in [2.45, 2.75) is 41.2 Å². The molecule has 0 spiro atoms. The van der Waals surface area contributed by atoms with E-state index < -0.39 is 0 Å². The van der Waals surface area contributed by atoms with Gasteiger partial charge in [-0.15, -0.1) is 0 Å². The van der Waals surface area contributed by atoms with Gasteiger partial charge in [-0.05, 0) is 43.8 Å². The van der Waals surface area contributed by atoms with Gasteiger partial charge in [-0.2, -0.15) is 0 Å². The summed E-state index contributed by atoms with van der Waals surface area (Å²) in [5, 5.41) is 4.63. The van der Waals surface area contributed by atoms with Crippen LogP contribution in [0.1, 0.15) is 35.1 Å². The minimum atomic E-state index is 0. The highest BCUT2D eigenvalue weighted by Crippen LogP contribution is 2.38. The van der Waals surface area contributed by atoms with E-state index in [2.05, 4.69) is 38.3 Å². The fraction of sp³-hybridized carbons (Fsp3) is 0.647. The Balaban J connectivity index is 0.000000807. The lowest BCUT2D eigenvalue weighted by molar-refractivity contribution is 0.494. The molecule has 5 heteroatoms. The molecule has 2 fully saturated rings. The SMILES string of the molecule is C.C.C.CN(c1ncnc2[nH]ccc12)C1C[C@H]2CNC[C@H]2C1. The van der Waals surface area contributed by atoms with Gasteiger partial charge in [0.25, 0.3) is 0 Å². The summed E-state index contributed by atoms with van der Waals surface area (Å²) in [6.07, 6.45) is 6.15. The maximum absolute atomic E-state index is 4.50. The van der Waals surface area contributed by atoms with E-state index in [4.69, 9.17) is 0 Å². The van der Waals surface area contributed by atoms with E-state index in [1.807, 2.05) is 6.20 Å². The van der Waals surface area contributed by atoms with Gasteiger partial charge in [0.05, 0.1) is 5.39 Å². The molecule has 0 amide bonds. The summed E-state index contributed by atoms with van der Waals surface area (Å²) < 4.78 is 0. The third kappa shape index (κ3) is 2.82. The third-order valence-electron chi connectivity index (χ3n) is 4.84. The van der Waals surface area contributed by atoms with E-state index in [9.17, 15) is 0 Å². The van der Waals surface area contributed by atoms with Gasteiger partial charge in [0.15, 0.2) is 0 Å².